The number of hydrogen-bond acceptors (Lipinski definition) is 0. The second kappa shape index (κ2) is 5.03. The van der Waals surface area contributed by atoms with Crippen LogP contribution in [0.1, 0.15) is 12.0 Å². The number of benzene rings is 1. The second-order valence-corrected chi connectivity index (χ2v) is 4.72. The zero-order chi connectivity index (χ0) is 15.1. The summed E-state index contributed by atoms with van der Waals surface area (Å²) in [6, 6.07) is 0. The van der Waals surface area contributed by atoms with Crippen LogP contribution >= 0.6 is 0 Å². The molecule has 0 spiro atoms. The van der Waals surface area contributed by atoms with Crippen LogP contribution in [0.15, 0.2) is 24.1 Å². The van der Waals surface area contributed by atoms with Crippen molar-refractivity contribution in [3.8, 4) is 0 Å². The Hall–Kier alpha value is -1.66. The molecule has 2 rings (SSSR count). The van der Waals surface area contributed by atoms with Crippen molar-refractivity contribution in [1.82, 2.24) is 0 Å². The lowest BCUT2D eigenvalue weighted by atomic mass is 9.54. The summed E-state index contributed by atoms with van der Waals surface area (Å²) in [7, 11) is -0.916. The van der Waals surface area contributed by atoms with Crippen LogP contribution in [-0.2, 0) is 0 Å². The third kappa shape index (κ3) is 2.49. The zero-order valence-electron chi connectivity index (χ0n) is 10.4. The van der Waals surface area contributed by atoms with Gasteiger partial charge in [-0.1, -0.05) is 12.2 Å². The van der Waals surface area contributed by atoms with Crippen LogP contribution in [0.4, 0.5) is 26.3 Å². The van der Waals surface area contributed by atoms with Crippen LogP contribution in [0.2, 0.25) is 0 Å². The van der Waals surface area contributed by atoms with Crippen molar-refractivity contribution in [1.29, 1.82) is 0 Å². The number of alkyl halides is 1. The monoisotopic (exact) mass is 290 g/mol. The molecule has 0 saturated carbocycles. The van der Waals surface area contributed by atoms with E-state index in [4.69, 9.17) is 0 Å². The molecule has 1 atom stereocenters. The molecular formula is C13H9BF6. The van der Waals surface area contributed by atoms with E-state index in [1.807, 2.05) is 0 Å². The van der Waals surface area contributed by atoms with Gasteiger partial charge in [0, 0.05) is 12.0 Å². The predicted octanol–water partition coefficient (Wildman–Crippen LogP) is 3.09. The molecule has 0 aliphatic heterocycles. The van der Waals surface area contributed by atoms with Crippen LogP contribution < -0.4 is 5.46 Å². The molecule has 1 aromatic rings. The largest absolute Gasteiger partial charge is 0.248 e. The van der Waals surface area contributed by atoms with E-state index in [1.54, 1.807) is 0 Å². The summed E-state index contributed by atoms with van der Waals surface area (Å²) in [6.07, 6.45) is 2.31. The molecule has 0 amide bonds. The van der Waals surface area contributed by atoms with E-state index >= 15 is 0 Å². The summed E-state index contributed by atoms with van der Waals surface area (Å²) in [5.74, 6) is -7.46. The van der Waals surface area contributed by atoms with Crippen molar-refractivity contribution in [2.45, 2.75) is 18.9 Å². The molecule has 0 bridgehead atoms. The van der Waals surface area contributed by atoms with Crippen LogP contribution in [-0.4, -0.2) is 12.8 Å². The van der Waals surface area contributed by atoms with E-state index in [9.17, 15) is 26.3 Å². The molecular weight excluding hydrogens is 281 g/mol. The summed E-state index contributed by atoms with van der Waals surface area (Å²) >= 11 is 0. The van der Waals surface area contributed by atoms with Crippen molar-refractivity contribution < 1.29 is 26.3 Å². The molecule has 0 radical (unpaired) electrons. The molecule has 0 fully saturated rings. The minimum atomic E-state index is -2.38. The third-order valence-corrected chi connectivity index (χ3v) is 3.18. The highest BCUT2D eigenvalue weighted by molar-refractivity contribution is 6.57. The minimum absolute atomic E-state index is 0.708. The summed E-state index contributed by atoms with van der Waals surface area (Å²) in [5.41, 5.74) is -4.04. The second-order valence-electron chi connectivity index (χ2n) is 4.72. The summed E-state index contributed by atoms with van der Waals surface area (Å²) in [6.45, 7) is 0.915. The van der Waals surface area contributed by atoms with Gasteiger partial charge in [0.2, 0.25) is 7.28 Å². The Bertz CT molecular complexity index is 593. The van der Waals surface area contributed by atoms with Crippen LogP contribution in [0.3, 0.4) is 0 Å². The molecule has 0 aromatic heterocycles. The van der Waals surface area contributed by atoms with Gasteiger partial charge >= 0.3 is 0 Å². The number of hydrogen-bond donors (Lipinski definition) is 0. The van der Waals surface area contributed by atoms with Crippen molar-refractivity contribution in [2.24, 2.45) is 0 Å². The van der Waals surface area contributed by atoms with Gasteiger partial charge in [0.15, 0.2) is 17.5 Å². The minimum Gasteiger partial charge on any atom is -0.248 e. The summed E-state index contributed by atoms with van der Waals surface area (Å²) in [4.78, 5) is 0. The highest BCUT2D eigenvalue weighted by Gasteiger charge is 2.36. The molecule has 1 aromatic carbocycles. The van der Waals surface area contributed by atoms with Crippen molar-refractivity contribution in [2.75, 3.05) is 0 Å². The standard InChI is InChI=1S/C13H9BF6/c1-6-9(16)8(11(18)12(19)10(6)17)14-13(20)4-2-3-7(15)5-13/h2-4,14H,5H2,1H3. The lowest BCUT2D eigenvalue weighted by molar-refractivity contribution is 0.315. The highest BCUT2D eigenvalue weighted by Crippen LogP contribution is 2.28. The van der Waals surface area contributed by atoms with Gasteiger partial charge in [-0.05, 0) is 18.5 Å². The maximum Gasteiger partial charge on any atom is 0.217 e. The molecule has 20 heavy (non-hydrogen) atoms. The van der Waals surface area contributed by atoms with Crippen LogP contribution in [0.5, 0.6) is 0 Å². The predicted molar refractivity (Wildman–Crippen MR) is 64.6 cm³/mol. The Morgan fingerprint density at radius 2 is 1.65 bits per heavy atom. The fourth-order valence-electron chi connectivity index (χ4n) is 2.11. The van der Waals surface area contributed by atoms with Gasteiger partial charge in [-0.15, -0.1) is 0 Å². The lowest BCUT2D eigenvalue weighted by Gasteiger charge is -2.23. The topological polar surface area (TPSA) is 0 Å². The quantitative estimate of drug-likeness (QED) is 0.340. The maximum atomic E-state index is 14.3. The summed E-state index contributed by atoms with van der Waals surface area (Å²) < 4.78 is 81.1. The molecule has 1 aliphatic rings. The first-order valence-electron chi connectivity index (χ1n) is 5.79. The zero-order valence-corrected chi connectivity index (χ0v) is 10.4. The Balaban J connectivity index is 2.45. The molecule has 1 unspecified atom stereocenters. The third-order valence-electron chi connectivity index (χ3n) is 3.18. The van der Waals surface area contributed by atoms with Gasteiger partial charge in [0.25, 0.3) is 0 Å². The van der Waals surface area contributed by atoms with Crippen molar-refractivity contribution in [3.05, 3.63) is 52.9 Å². The van der Waals surface area contributed by atoms with Gasteiger partial charge in [0.1, 0.15) is 17.2 Å². The van der Waals surface area contributed by atoms with Crippen molar-refractivity contribution >= 4 is 12.7 Å². The first-order chi connectivity index (χ1) is 9.25. The average molecular weight is 290 g/mol. The van der Waals surface area contributed by atoms with Gasteiger partial charge in [0.05, 0.1) is 0 Å². The molecule has 7 heteroatoms. The van der Waals surface area contributed by atoms with Crippen LogP contribution in [0, 0.1) is 30.2 Å². The fourth-order valence-corrected chi connectivity index (χ4v) is 2.11. The smallest absolute Gasteiger partial charge is 0.217 e. The average Bonchev–Trinajstić information content (AvgIpc) is 2.39. The molecule has 0 saturated heterocycles. The van der Waals surface area contributed by atoms with Crippen LogP contribution in [0.25, 0.3) is 0 Å². The summed E-state index contributed by atoms with van der Waals surface area (Å²) in [5, 5.41) is 0. The molecule has 1 aliphatic carbocycles. The Morgan fingerprint density at radius 1 is 1.00 bits per heavy atom. The fraction of sp³-hybridized carbons (Fsp3) is 0.231. The van der Waals surface area contributed by atoms with Gasteiger partial charge in [-0.3, -0.25) is 0 Å². The number of rotatable bonds is 2. The number of halogens is 6. The van der Waals surface area contributed by atoms with E-state index in [0.29, 0.717) is 0 Å². The molecule has 0 nitrogen and oxygen atoms in total. The molecule has 106 valence electrons. The maximum absolute atomic E-state index is 14.3. The SMILES string of the molecule is Cc1c(F)c(F)c(F)c(BC2(F)C=CC=C(F)C2)c1F. The van der Waals surface area contributed by atoms with Crippen molar-refractivity contribution in [3.63, 3.8) is 0 Å². The number of allylic oxidation sites excluding steroid dienone is 4. The Labute approximate surface area is 112 Å². The Morgan fingerprint density at radius 3 is 2.25 bits per heavy atom. The first kappa shape index (κ1) is 14.7. The molecule has 0 heterocycles. The Kier molecular flexibility index (Phi) is 3.71. The van der Waals surface area contributed by atoms with Gasteiger partial charge in [-0.2, -0.15) is 0 Å². The van der Waals surface area contributed by atoms with Gasteiger partial charge < -0.3 is 0 Å². The van der Waals surface area contributed by atoms with E-state index in [0.717, 1.165) is 25.2 Å². The normalized spacial score (nSPS) is 21.9. The van der Waals surface area contributed by atoms with E-state index in [2.05, 4.69) is 0 Å². The van der Waals surface area contributed by atoms with E-state index in [1.165, 1.54) is 0 Å². The lowest BCUT2D eigenvalue weighted by Crippen LogP contribution is -2.42. The van der Waals surface area contributed by atoms with E-state index in [-0.39, 0.29) is 0 Å². The molecule has 0 N–H and O–H groups in total. The van der Waals surface area contributed by atoms with Gasteiger partial charge in [-0.25, -0.2) is 26.3 Å². The first-order valence-corrected chi connectivity index (χ1v) is 5.79. The highest BCUT2D eigenvalue weighted by atomic mass is 19.2. The van der Waals surface area contributed by atoms with E-state index < -0.39 is 59.4 Å².